The third kappa shape index (κ3) is 3.95. The Hall–Kier alpha value is -0.0800. The molecule has 1 aliphatic rings. The van der Waals surface area contributed by atoms with Gasteiger partial charge in [0.15, 0.2) is 0 Å². The summed E-state index contributed by atoms with van der Waals surface area (Å²) in [6.07, 6.45) is 6.63. The Labute approximate surface area is 121 Å². The van der Waals surface area contributed by atoms with Crippen molar-refractivity contribution in [1.29, 1.82) is 0 Å². The molecule has 1 rings (SSSR count). The van der Waals surface area contributed by atoms with Gasteiger partial charge in [-0.1, -0.05) is 34.6 Å². The van der Waals surface area contributed by atoms with Crippen molar-refractivity contribution in [2.45, 2.75) is 78.3 Å². The normalized spacial score (nSPS) is 30.6. The van der Waals surface area contributed by atoms with E-state index in [1.165, 1.54) is 32.1 Å². The summed E-state index contributed by atoms with van der Waals surface area (Å²) in [5.41, 5.74) is 0.639. The average molecular weight is 268 g/mol. The minimum atomic E-state index is 0.306. The van der Waals surface area contributed by atoms with E-state index in [1.54, 1.807) is 0 Å². The second-order valence-corrected chi connectivity index (χ2v) is 7.93. The molecule has 0 aromatic heterocycles. The lowest BCUT2D eigenvalue weighted by molar-refractivity contribution is 0.00244. The average Bonchev–Trinajstić information content (AvgIpc) is 2.30. The lowest BCUT2D eigenvalue weighted by atomic mass is 9.65. The van der Waals surface area contributed by atoms with E-state index in [4.69, 9.17) is 0 Å². The zero-order valence-corrected chi connectivity index (χ0v) is 14.3. The van der Waals surface area contributed by atoms with Gasteiger partial charge in [-0.25, -0.2) is 0 Å². The first kappa shape index (κ1) is 17.0. The van der Waals surface area contributed by atoms with Crippen molar-refractivity contribution >= 4 is 0 Å². The topological polar surface area (TPSA) is 15.3 Å². The van der Waals surface area contributed by atoms with E-state index in [9.17, 15) is 0 Å². The first-order valence-electron chi connectivity index (χ1n) is 8.15. The quantitative estimate of drug-likeness (QED) is 0.813. The lowest BCUT2D eigenvalue weighted by Gasteiger charge is -2.54. The van der Waals surface area contributed by atoms with Crippen LogP contribution in [0.4, 0.5) is 0 Å². The fraction of sp³-hybridized carbons (Fsp3) is 1.00. The van der Waals surface area contributed by atoms with Crippen molar-refractivity contribution in [3.8, 4) is 0 Å². The van der Waals surface area contributed by atoms with Gasteiger partial charge in [-0.2, -0.15) is 0 Å². The van der Waals surface area contributed by atoms with E-state index in [0.717, 1.165) is 12.5 Å². The molecule has 0 saturated heterocycles. The zero-order valence-electron chi connectivity index (χ0n) is 14.3. The fourth-order valence-corrected chi connectivity index (χ4v) is 3.85. The fourth-order valence-electron chi connectivity index (χ4n) is 3.85. The van der Waals surface area contributed by atoms with Crippen molar-refractivity contribution in [3.05, 3.63) is 0 Å². The third-order valence-electron chi connectivity index (χ3n) is 5.03. The maximum Gasteiger partial charge on any atom is 0.0361 e. The van der Waals surface area contributed by atoms with Gasteiger partial charge in [-0.15, -0.1) is 0 Å². The molecule has 0 aromatic carbocycles. The van der Waals surface area contributed by atoms with Crippen LogP contribution in [-0.4, -0.2) is 37.1 Å². The first-order valence-corrected chi connectivity index (χ1v) is 8.15. The summed E-state index contributed by atoms with van der Waals surface area (Å²) in [6, 6.07) is 0.572. The molecule has 1 atom stereocenters. The highest BCUT2D eigenvalue weighted by atomic mass is 15.2. The van der Waals surface area contributed by atoms with Crippen molar-refractivity contribution in [1.82, 2.24) is 10.2 Å². The molecule has 2 nitrogen and oxygen atoms in total. The molecule has 0 aromatic rings. The van der Waals surface area contributed by atoms with Gasteiger partial charge in [-0.05, 0) is 64.1 Å². The van der Waals surface area contributed by atoms with E-state index in [1.807, 2.05) is 0 Å². The van der Waals surface area contributed by atoms with E-state index < -0.39 is 0 Å². The second-order valence-electron chi connectivity index (χ2n) is 7.93. The van der Waals surface area contributed by atoms with E-state index in [-0.39, 0.29) is 0 Å². The van der Waals surface area contributed by atoms with Crippen LogP contribution >= 0.6 is 0 Å². The Balaban J connectivity index is 2.98. The van der Waals surface area contributed by atoms with E-state index in [2.05, 4.69) is 58.9 Å². The Morgan fingerprint density at radius 1 is 1.21 bits per heavy atom. The van der Waals surface area contributed by atoms with Gasteiger partial charge in [0.2, 0.25) is 0 Å². The minimum Gasteiger partial charge on any atom is -0.312 e. The van der Waals surface area contributed by atoms with Crippen LogP contribution in [0.5, 0.6) is 0 Å². The van der Waals surface area contributed by atoms with Crippen LogP contribution in [0.2, 0.25) is 0 Å². The second kappa shape index (κ2) is 6.58. The number of nitrogens with one attached hydrogen (secondary N) is 1. The van der Waals surface area contributed by atoms with Crippen molar-refractivity contribution < 1.29 is 0 Å². The van der Waals surface area contributed by atoms with Crippen LogP contribution in [0, 0.1) is 11.3 Å². The first-order chi connectivity index (χ1) is 8.74. The molecule has 1 N–H and O–H groups in total. The number of nitrogens with zero attached hydrogens (tertiary/aromatic N) is 1. The minimum absolute atomic E-state index is 0.306. The van der Waals surface area contributed by atoms with Crippen LogP contribution < -0.4 is 5.32 Å². The van der Waals surface area contributed by atoms with Crippen molar-refractivity contribution in [2.75, 3.05) is 20.6 Å². The van der Waals surface area contributed by atoms with Gasteiger partial charge in [0, 0.05) is 11.6 Å². The molecule has 0 bridgehead atoms. The van der Waals surface area contributed by atoms with E-state index >= 15 is 0 Å². The smallest absolute Gasteiger partial charge is 0.0361 e. The Bertz CT molecular complexity index is 257. The zero-order chi connectivity index (χ0) is 14.7. The number of likely N-dealkylation sites (N-methyl/N-ethyl adjacent to an activating group) is 1. The van der Waals surface area contributed by atoms with Gasteiger partial charge in [0.25, 0.3) is 0 Å². The molecule has 1 fully saturated rings. The Morgan fingerprint density at radius 3 is 2.11 bits per heavy atom. The number of hydrogen-bond donors (Lipinski definition) is 1. The predicted molar refractivity (Wildman–Crippen MR) is 85.6 cm³/mol. The van der Waals surface area contributed by atoms with Crippen molar-refractivity contribution in [3.63, 3.8) is 0 Å². The van der Waals surface area contributed by atoms with Crippen LogP contribution in [0.25, 0.3) is 0 Å². The highest BCUT2D eigenvalue weighted by Crippen LogP contribution is 2.42. The summed E-state index contributed by atoms with van der Waals surface area (Å²) in [5, 5.41) is 3.87. The van der Waals surface area contributed by atoms with Crippen LogP contribution in [-0.2, 0) is 0 Å². The summed E-state index contributed by atoms with van der Waals surface area (Å²) in [7, 11) is 4.56. The van der Waals surface area contributed by atoms with Crippen LogP contribution in [0.15, 0.2) is 0 Å². The highest BCUT2D eigenvalue weighted by Gasteiger charge is 2.47. The van der Waals surface area contributed by atoms with Crippen LogP contribution in [0.3, 0.4) is 0 Å². The molecule has 1 saturated carbocycles. The summed E-state index contributed by atoms with van der Waals surface area (Å²) in [5.74, 6) is 0.903. The Morgan fingerprint density at radius 2 is 1.74 bits per heavy atom. The molecule has 1 aliphatic carbocycles. The largest absolute Gasteiger partial charge is 0.312 e. The number of hydrogen-bond acceptors (Lipinski definition) is 2. The van der Waals surface area contributed by atoms with Gasteiger partial charge >= 0.3 is 0 Å². The molecular weight excluding hydrogens is 232 g/mol. The maximum absolute atomic E-state index is 3.87. The van der Waals surface area contributed by atoms with Gasteiger partial charge < -0.3 is 10.2 Å². The molecule has 114 valence electrons. The standard InChI is InChI=1S/C17H36N2/c1-8-13-18-15(16(3,4)5)17(19(6)7)11-9-14(2)10-12-17/h14-15,18H,8-13H2,1-7H3. The predicted octanol–water partition coefficient (Wildman–Crippen LogP) is 3.91. The highest BCUT2D eigenvalue weighted by molar-refractivity contribution is 5.05. The molecule has 1 unspecified atom stereocenters. The summed E-state index contributed by atoms with van der Waals surface area (Å²) in [4.78, 5) is 2.51. The molecule has 0 radical (unpaired) electrons. The molecule has 0 amide bonds. The molecule has 0 heterocycles. The SMILES string of the molecule is CCCNC(C(C)(C)C)C1(N(C)C)CCC(C)CC1. The third-order valence-corrected chi connectivity index (χ3v) is 5.03. The summed E-state index contributed by atoms with van der Waals surface area (Å²) >= 11 is 0. The van der Waals surface area contributed by atoms with Crippen LogP contribution in [0.1, 0.15) is 66.7 Å². The molecule has 2 heteroatoms. The number of rotatable bonds is 5. The van der Waals surface area contributed by atoms with Gasteiger partial charge in [0.05, 0.1) is 0 Å². The van der Waals surface area contributed by atoms with Gasteiger partial charge in [-0.3, -0.25) is 0 Å². The summed E-state index contributed by atoms with van der Waals surface area (Å²) in [6.45, 7) is 13.0. The van der Waals surface area contributed by atoms with E-state index in [0.29, 0.717) is 17.0 Å². The Kier molecular flexibility index (Phi) is 5.88. The van der Waals surface area contributed by atoms with Crippen molar-refractivity contribution in [2.24, 2.45) is 11.3 Å². The lowest BCUT2D eigenvalue weighted by Crippen LogP contribution is -2.65. The molecule has 0 aliphatic heterocycles. The maximum atomic E-state index is 3.87. The monoisotopic (exact) mass is 268 g/mol. The molecule has 0 spiro atoms. The van der Waals surface area contributed by atoms with Gasteiger partial charge in [0.1, 0.15) is 0 Å². The molecule has 19 heavy (non-hydrogen) atoms. The molecular formula is C17H36N2. The summed E-state index contributed by atoms with van der Waals surface area (Å²) < 4.78 is 0.